The molecule has 0 saturated heterocycles. The summed E-state index contributed by atoms with van der Waals surface area (Å²) < 4.78 is 6.87. The fourth-order valence-corrected chi connectivity index (χ4v) is 31.8. The molecule has 2 saturated carbocycles. The Kier molecular flexibility index (Phi) is 11.1. The molecule has 2 unspecified atom stereocenters. The summed E-state index contributed by atoms with van der Waals surface area (Å²) in [6.07, 6.45) is 19.2. The molecule has 0 spiro atoms. The second kappa shape index (κ2) is 15.6. The van der Waals surface area contributed by atoms with Crippen molar-refractivity contribution >= 4 is 65.4 Å². The predicted molar refractivity (Wildman–Crippen MR) is 248 cm³/mol. The van der Waals surface area contributed by atoms with Gasteiger partial charge >= 0.3 is 328 Å². The molecule has 56 heavy (non-hydrogen) atoms. The maximum absolute atomic E-state index is 3.84. The van der Waals surface area contributed by atoms with Crippen LogP contribution in [-0.2, 0) is 17.4 Å². The Hall–Kier alpha value is -3.00. The van der Waals surface area contributed by atoms with Gasteiger partial charge < -0.3 is 0 Å². The van der Waals surface area contributed by atoms with E-state index in [0.717, 1.165) is 11.8 Å². The van der Waals surface area contributed by atoms with E-state index in [1.165, 1.54) is 119 Å². The van der Waals surface area contributed by atoms with E-state index in [0.29, 0.717) is 7.25 Å². The van der Waals surface area contributed by atoms with Crippen LogP contribution in [0.25, 0.3) is 56.0 Å². The quantitative estimate of drug-likeness (QED) is 0.134. The molecule has 2 atom stereocenters. The number of rotatable bonds is 8. The van der Waals surface area contributed by atoms with Gasteiger partial charge in [-0.15, -0.1) is 24.8 Å². The molecule has 0 N–H and O–H groups in total. The summed E-state index contributed by atoms with van der Waals surface area (Å²) in [7, 11) is 0. The minimum atomic E-state index is -3.84. The first kappa shape index (κ1) is 39.8. The SMILES string of the molecule is Cl.Cl.[CH3][Zr]([CH3])(=[SiH2])([CH]1C(CC2CCCC2)=Cc2c(-c3ccc4ccccc4c3)cccc21)[CH]1C(CC2CCCC2)=Cc2c(-c3ccc4ccccc4c3)cccc21. The molecule has 4 aliphatic carbocycles. The molecule has 2 fully saturated rings. The molecule has 6 aromatic carbocycles. The summed E-state index contributed by atoms with van der Waals surface area (Å²) >= 11 is -3.84. The van der Waals surface area contributed by atoms with Crippen LogP contribution >= 0.6 is 24.8 Å². The van der Waals surface area contributed by atoms with Crippen molar-refractivity contribution in [2.45, 2.75) is 80.7 Å². The van der Waals surface area contributed by atoms with Gasteiger partial charge in [-0.3, -0.25) is 0 Å². The third-order valence-electron chi connectivity index (χ3n) is 14.3. The van der Waals surface area contributed by atoms with Crippen LogP contribution in [0.2, 0.25) is 9.26 Å². The maximum atomic E-state index is 2.88. The van der Waals surface area contributed by atoms with Crippen LogP contribution in [0.4, 0.5) is 0 Å². The second-order valence-corrected chi connectivity index (χ2v) is 49.2. The number of fused-ring (bicyclic) bond motifs is 4. The van der Waals surface area contributed by atoms with Crippen molar-refractivity contribution in [1.82, 2.24) is 0 Å². The average molecular weight is 871 g/mol. The predicted octanol–water partition coefficient (Wildman–Crippen LogP) is 15.2. The van der Waals surface area contributed by atoms with Gasteiger partial charge in [0, 0.05) is 0 Å². The van der Waals surface area contributed by atoms with E-state index in [4.69, 9.17) is 0 Å². The van der Waals surface area contributed by atoms with E-state index in [9.17, 15) is 0 Å². The van der Waals surface area contributed by atoms with Crippen molar-refractivity contribution in [1.29, 1.82) is 0 Å². The Labute approximate surface area is 349 Å². The van der Waals surface area contributed by atoms with Crippen LogP contribution in [0.5, 0.6) is 0 Å². The van der Waals surface area contributed by atoms with Gasteiger partial charge in [-0.2, -0.15) is 0 Å². The summed E-state index contributed by atoms with van der Waals surface area (Å²) in [5.74, 6) is 1.66. The molecule has 0 radical (unpaired) electrons. The summed E-state index contributed by atoms with van der Waals surface area (Å²) in [6, 6.07) is 46.7. The van der Waals surface area contributed by atoms with E-state index in [2.05, 4.69) is 150 Å². The zero-order valence-electron chi connectivity index (χ0n) is 33.1. The monoisotopic (exact) mass is 868 g/mol. The normalized spacial score (nSPS) is 19.7. The molecule has 286 valence electrons. The second-order valence-electron chi connectivity index (χ2n) is 18.7. The number of halogens is 2. The van der Waals surface area contributed by atoms with Gasteiger partial charge in [-0.25, -0.2) is 0 Å². The van der Waals surface area contributed by atoms with E-state index in [1.807, 2.05) is 0 Å². The molecule has 0 nitrogen and oxygen atoms in total. The van der Waals surface area contributed by atoms with Gasteiger partial charge in [0.1, 0.15) is 0 Å². The molecule has 0 aromatic heterocycles. The third kappa shape index (κ3) is 7.00. The molecule has 0 aliphatic heterocycles. The molecule has 4 heteroatoms. The van der Waals surface area contributed by atoms with Gasteiger partial charge in [-0.1, -0.05) is 0 Å². The van der Waals surface area contributed by atoms with Gasteiger partial charge in [0.05, 0.1) is 0 Å². The van der Waals surface area contributed by atoms with Crippen molar-refractivity contribution in [2.75, 3.05) is 0 Å². The third-order valence-corrected chi connectivity index (χ3v) is 31.8. The van der Waals surface area contributed by atoms with Crippen molar-refractivity contribution in [3.05, 3.63) is 155 Å². The van der Waals surface area contributed by atoms with Crippen LogP contribution in [0, 0.1) is 11.8 Å². The zero-order chi connectivity index (χ0) is 36.5. The van der Waals surface area contributed by atoms with Gasteiger partial charge in [0.15, 0.2) is 0 Å². The zero-order valence-corrected chi connectivity index (χ0v) is 38.6. The van der Waals surface area contributed by atoms with Gasteiger partial charge in [-0.05, 0) is 0 Å². The molecule has 4 aliphatic rings. The van der Waals surface area contributed by atoms with Crippen molar-refractivity contribution in [3.63, 3.8) is 0 Å². The molecule has 0 bridgehead atoms. The van der Waals surface area contributed by atoms with E-state index in [1.54, 1.807) is 22.3 Å². The van der Waals surface area contributed by atoms with Crippen LogP contribution < -0.4 is 0 Å². The van der Waals surface area contributed by atoms with Crippen molar-refractivity contribution in [2.24, 2.45) is 11.8 Å². The van der Waals surface area contributed by atoms with Gasteiger partial charge in [0.2, 0.25) is 0 Å². The summed E-state index contributed by atoms with van der Waals surface area (Å²) in [4.78, 5) is 0. The first-order valence-electron chi connectivity index (χ1n) is 21.0. The molecule has 10 rings (SSSR count). The van der Waals surface area contributed by atoms with E-state index < -0.39 is 17.4 Å². The summed E-state index contributed by atoms with van der Waals surface area (Å²) in [5.41, 5.74) is 15.4. The van der Waals surface area contributed by atoms with Crippen LogP contribution in [0.15, 0.2) is 132 Å². The molecule has 6 aromatic rings. The fraction of sp³-hybridized carbons (Fsp3) is 0.308. The van der Waals surface area contributed by atoms with Crippen molar-refractivity contribution < 1.29 is 17.4 Å². The topological polar surface area (TPSA) is 0 Å². The number of allylic oxidation sites excluding steroid dienone is 2. The Balaban J connectivity index is 0.00000220. The van der Waals surface area contributed by atoms with E-state index >= 15 is 0 Å². The standard InChI is InChI=1S/2C25H23.2CH3.2ClH.H2Si.Zr/c2*1-2-7-18(6-1)14-19-15-22-10-5-11-24(25(22)16-19)23-13-12-20-8-3-4-9-21(20)17-23;;;;;;/h2*3-5,8-13,15-18H,1-2,6-7,14H2;2*1H3;2*1H;1H2;. The first-order valence-corrected chi connectivity index (χ1v) is 34.7. The fourth-order valence-electron chi connectivity index (χ4n) is 12.0. The number of benzene rings is 6. The first-order chi connectivity index (χ1) is 26.3. The molecular weight excluding hydrogens is 815 g/mol. The molecule has 0 amide bonds. The Morgan fingerprint density at radius 3 is 1.29 bits per heavy atom. The van der Waals surface area contributed by atoms with Gasteiger partial charge in [0.25, 0.3) is 0 Å². The Morgan fingerprint density at radius 2 is 0.875 bits per heavy atom. The van der Waals surface area contributed by atoms with Crippen molar-refractivity contribution in [3.8, 4) is 22.3 Å². The van der Waals surface area contributed by atoms with Crippen LogP contribution in [-0.4, -0.2) is 6.88 Å². The Bertz CT molecular complexity index is 2410. The molecule has 0 heterocycles. The number of hydrogen-bond acceptors (Lipinski definition) is 0. The van der Waals surface area contributed by atoms with Crippen LogP contribution in [0.1, 0.15) is 93.7 Å². The summed E-state index contributed by atoms with van der Waals surface area (Å²) in [5, 5.41) is 5.30. The van der Waals surface area contributed by atoms with E-state index in [-0.39, 0.29) is 24.8 Å². The Morgan fingerprint density at radius 1 is 0.482 bits per heavy atom. The minimum absolute atomic E-state index is 0. The molecular formula is C52H56Cl2SiZr. The number of hydrogen-bond donors (Lipinski definition) is 0. The summed E-state index contributed by atoms with van der Waals surface area (Å²) in [6.45, 7) is 2.55. The van der Waals surface area contributed by atoms with Crippen LogP contribution in [0.3, 0.4) is 0 Å². The average Bonchev–Trinajstić information content (AvgIpc) is 4.01.